The van der Waals surface area contributed by atoms with Crippen LogP contribution in [0.15, 0.2) is 0 Å². The van der Waals surface area contributed by atoms with E-state index < -0.39 is 0 Å². The van der Waals surface area contributed by atoms with E-state index in [4.69, 9.17) is 0 Å². The summed E-state index contributed by atoms with van der Waals surface area (Å²) < 4.78 is 0. The number of nitrogens with zero attached hydrogens (tertiary/aromatic N) is 2. The molecular weight excluding hydrogens is 264 g/mol. The molecule has 1 amide bonds. The van der Waals surface area contributed by atoms with E-state index in [0.717, 1.165) is 45.3 Å². The van der Waals surface area contributed by atoms with Gasteiger partial charge in [-0.05, 0) is 40.0 Å². The molecule has 6 heteroatoms. The molecule has 0 aliphatic carbocycles. The zero-order valence-electron chi connectivity index (χ0n) is 12.0. The van der Waals surface area contributed by atoms with Crippen LogP contribution >= 0.6 is 12.4 Å². The van der Waals surface area contributed by atoms with E-state index in [1.807, 2.05) is 0 Å². The summed E-state index contributed by atoms with van der Waals surface area (Å²) in [7, 11) is 4.32. The van der Waals surface area contributed by atoms with Gasteiger partial charge in [-0.25, -0.2) is 0 Å². The molecule has 2 N–H and O–H groups in total. The molecule has 2 heterocycles. The van der Waals surface area contributed by atoms with Gasteiger partial charge in [0.1, 0.15) is 0 Å². The summed E-state index contributed by atoms with van der Waals surface area (Å²) in [4.78, 5) is 16.4. The molecule has 0 atom stereocenters. The van der Waals surface area contributed by atoms with Crippen LogP contribution in [0, 0.1) is 5.92 Å². The van der Waals surface area contributed by atoms with Crippen molar-refractivity contribution in [2.24, 2.45) is 5.92 Å². The normalized spacial score (nSPS) is 21.8. The number of rotatable bonds is 5. The maximum Gasteiger partial charge on any atom is 0.225 e. The van der Waals surface area contributed by atoms with Crippen LogP contribution in [0.3, 0.4) is 0 Å². The third kappa shape index (κ3) is 4.91. The summed E-state index contributed by atoms with van der Waals surface area (Å²) in [5, 5.41) is 6.16. The Kier molecular flexibility index (Phi) is 7.07. The first-order valence-electron chi connectivity index (χ1n) is 7.04. The van der Waals surface area contributed by atoms with Crippen LogP contribution in [0.4, 0.5) is 0 Å². The molecule has 2 aliphatic heterocycles. The van der Waals surface area contributed by atoms with E-state index in [1.54, 1.807) is 0 Å². The molecule has 0 radical (unpaired) electrons. The maximum absolute atomic E-state index is 11.6. The number of amides is 1. The van der Waals surface area contributed by atoms with Gasteiger partial charge in [-0.15, -0.1) is 12.4 Å². The van der Waals surface area contributed by atoms with Gasteiger partial charge in [0.15, 0.2) is 0 Å². The van der Waals surface area contributed by atoms with Crippen LogP contribution in [0.2, 0.25) is 0 Å². The summed E-state index contributed by atoms with van der Waals surface area (Å²) in [5.74, 6) is 0.432. The van der Waals surface area contributed by atoms with Crippen molar-refractivity contribution in [3.05, 3.63) is 0 Å². The summed E-state index contributed by atoms with van der Waals surface area (Å²) >= 11 is 0. The largest absolute Gasteiger partial charge is 0.354 e. The predicted molar refractivity (Wildman–Crippen MR) is 79.8 cm³/mol. The summed E-state index contributed by atoms with van der Waals surface area (Å²) in [5.41, 5.74) is 0. The summed E-state index contributed by atoms with van der Waals surface area (Å²) in [6, 6.07) is 0.733. The SMILES string of the molecule is CN(C)C1CCN(CCNC(=O)C2CNC2)CC1.Cl. The number of piperidine rings is 1. The fourth-order valence-electron chi connectivity index (χ4n) is 2.61. The number of carbonyl (C=O) groups excluding carboxylic acids is 1. The van der Waals surface area contributed by atoms with Crippen LogP contribution in [0.25, 0.3) is 0 Å². The van der Waals surface area contributed by atoms with Gasteiger partial charge in [0, 0.05) is 32.2 Å². The topological polar surface area (TPSA) is 47.6 Å². The minimum atomic E-state index is 0. The van der Waals surface area contributed by atoms with Crippen molar-refractivity contribution < 1.29 is 4.79 Å². The molecule has 112 valence electrons. The van der Waals surface area contributed by atoms with Crippen molar-refractivity contribution in [3.63, 3.8) is 0 Å². The lowest BCUT2D eigenvalue weighted by molar-refractivity contribution is -0.126. The van der Waals surface area contributed by atoms with Crippen molar-refractivity contribution in [3.8, 4) is 0 Å². The van der Waals surface area contributed by atoms with Crippen LogP contribution < -0.4 is 10.6 Å². The second kappa shape index (κ2) is 8.04. The Morgan fingerprint density at radius 2 is 1.95 bits per heavy atom. The third-order valence-corrected chi connectivity index (χ3v) is 4.17. The van der Waals surface area contributed by atoms with Crippen LogP contribution in [-0.2, 0) is 4.79 Å². The average Bonchev–Trinajstić information content (AvgIpc) is 2.27. The lowest BCUT2D eigenvalue weighted by Crippen LogP contribution is -2.52. The minimum Gasteiger partial charge on any atom is -0.354 e. The van der Waals surface area contributed by atoms with E-state index in [-0.39, 0.29) is 24.2 Å². The number of likely N-dealkylation sites (tertiary alicyclic amines) is 1. The monoisotopic (exact) mass is 290 g/mol. The van der Waals surface area contributed by atoms with Crippen molar-refractivity contribution in [2.45, 2.75) is 18.9 Å². The molecule has 19 heavy (non-hydrogen) atoms. The van der Waals surface area contributed by atoms with E-state index in [1.165, 1.54) is 12.8 Å². The molecule has 0 aromatic heterocycles. The molecule has 2 fully saturated rings. The van der Waals surface area contributed by atoms with Crippen molar-refractivity contribution in [1.29, 1.82) is 0 Å². The number of hydrogen-bond donors (Lipinski definition) is 2. The van der Waals surface area contributed by atoms with E-state index in [0.29, 0.717) is 0 Å². The highest BCUT2D eigenvalue weighted by molar-refractivity contribution is 5.85. The molecule has 5 nitrogen and oxygen atoms in total. The molecule has 0 saturated carbocycles. The standard InChI is InChI=1S/C13H26N4O.ClH/c1-16(2)12-3-6-17(7-4-12)8-5-15-13(18)11-9-14-10-11;/h11-12,14H,3-10H2,1-2H3,(H,15,18);1H. The Morgan fingerprint density at radius 1 is 1.32 bits per heavy atom. The van der Waals surface area contributed by atoms with E-state index in [9.17, 15) is 4.79 Å². The molecule has 0 unspecified atom stereocenters. The molecule has 0 bridgehead atoms. The highest BCUT2D eigenvalue weighted by atomic mass is 35.5. The quantitative estimate of drug-likeness (QED) is 0.734. The molecule has 0 aromatic rings. The van der Waals surface area contributed by atoms with Crippen molar-refractivity contribution in [2.75, 3.05) is 53.4 Å². The third-order valence-electron chi connectivity index (χ3n) is 4.17. The lowest BCUT2D eigenvalue weighted by atomic mass is 10.0. The van der Waals surface area contributed by atoms with Crippen LogP contribution in [0.1, 0.15) is 12.8 Å². The number of halogens is 1. The Labute approximate surface area is 122 Å². The molecule has 0 spiro atoms. The highest BCUT2D eigenvalue weighted by Crippen LogP contribution is 2.13. The van der Waals surface area contributed by atoms with E-state index in [2.05, 4.69) is 34.5 Å². The fraction of sp³-hybridized carbons (Fsp3) is 0.923. The van der Waals surface area contributed by atoms with Gasteiger partial charge in [-0.2, -0.15) is 0 Å². The molecule has 2 saturated heterocycles. The molecule has 2 rings (SSSR count). The van der Waals surface area contributed by atoms with Gasteiger partial charge in [-0.1, -0.05) is 0 Å². The van der Waals surface area contributed by atoms with Gasteiger partial charge < -0.3 is 20.4 Å². The van der Waals surface area contributed by atoms with Gasteiger partial charge in [-0.3, -0.25) is 4.79 Å². The van der Waals surface area contributed by atoms with Gasteiger partial charge in [0.25, 0.3) is 0 Å². The maximum atomic E-state index is 11.6. The number of hydrogen-bond acceptors (Lipinski definition) is 4. The first-order chi connectivity index (χ1) is 8.66. The minimum absolute atomic E-state index is 0. The Morgan fingerprint density at radius 3 is 2.42 bits per heavy atom. The fourth-order valence-corrected chi connectivity index (χ4v) is 2.61. The van der Waals surface area contributed by atoms with Crippen LogP contribution in [-0.4, -0.2) is 75.1 Å². The van der Waals surface area contributed by atoms with Crippen LogP contribution in [0.5, 0.6) is 0 Å². The lowest BCUT2D eigenvalue weighted by Gasteiger charge is -2.35. The smallest absolute Gasteiger partial charge is 0.225 e. The molecule has 2 aliphatic rings. The Balaban J connectivity index is 0.00000180. The zero-order chi connectivity index (χ0) is 13.0. The molecular formula is C13H27ClN4O. The number of carbonyl (C=O) groups is 1. The zero-order valence-corrected chi connectivity index (χ0v) is 12.8. The summed E-state index contributed by atoms with van der Waals surface area (Å²) in [6.07, 6.45) is 2.49. The second-order valence-electron chi connectivity index (χ2n) is 5.68. The average molecular weight is 291 g/mol. The van der Waals surface area contributed by atoms with Crippen molar-refractivity contribution >= 4 is 18.3 Å². The van der Waals surface area contributed by atoms with Crippen molar-refractivity contribution in [1.82, 2.24) is 20.4 Å². The highest BCUT2D eigenvalue weighted by Gasteiger charge is 2.25. The van der Waals surface area contributed by atoms with E-state index >= 15 is 0 Å². The number of nitrogens with one attached hydrogen (secondary N) is 2. The Hall–Kier alpha value is -0.360. The predicted octanol–water partition coefficient (Wildman–Crippen LogP) is -0.230. The summed E-state index contributed by atoms with van der Waals surface area (Å²) in [6.45, 7) is 5.79. The Bertz CT molecular complexity index is 276. The second-order valence-corrected chi connectivity index (χ2v) is 5.68. The first-order valence-corrected chi connectivity index (χ1v) is 7.04. The van der Waals surface area contributed by atoms with Gasteiger partial charge in [0.05, 0.1) is 5.92 Å². The molecule has 0 aromatic carbocycles. The van der Waals surface area contributed by atoms with Gasteiger partial charge in [0.2, 0.25) is 5.91 Å². The first kappa shape index (κ1) is 16.7. The van der Waals surface area contributed by atoms with Gasteiger partial charge >= 0.3 is 0 Å².